The number of aliphatic hydroxyl groups is 1. The fraction of sp³-hybridized carbons (Fsp3) is 0.400. The molecule has 0 unspecified atom stereocenters. The molecule has 0 fully saturated rings. The first-order valence-electron chi connectivity index (χ1n) is 4.22. The van der Waals surface area contributed by atoms with Crippen LogP contribution in [0.2, 0.25) is 5.02 Å². The number of hydrogen-bond acceptors (Lipinski definition) is 1. The van der Waals surface area contributed by atoms with Gasteiger partial charge in [-0.05, 0) is 30.0 Å². The molecule has 0 aliphatic carbocycles. The minimum Gasteiger partial charge on any atom is -0.396 e. The lowest BCUT2D eigenvalue weighted by atomic mass is 10.1. The highest BCUT2D eigenvalue weighted by Gasteiger charge is 2.01. The van der Waals surface area contributed by atoms with Gasteiger partial charge in [-0.15, -0.1) is 0 Å². The van der Waals surface area contributed by atoms with Gasteiger partial charge in [-0.1, -0.05) is 23.7 Å². The highest BCUT2D eigenvalue weighted by atomic mass is 35.5. The minimum atomic E-state index is -0.486. The molecule has 0 heterocycles. The van der Waals surface area contributed by atoms with E-state index < -0.39 is 6.67 Å². The fourth-order valence-electron chi connectivity index (χ4n) is 1.15. The summed E-state index contributed by atoms with van der Waals surface area (Å²) in [4.78, 5) is 0. The summed E-state index contributed by atoms with van der Waals surface area (Å²) in [6.45, 7) is -0.332. The van der Waals surface area contributed by atoms with E-state index in [0.717, 1.165) is 12.0 Å². The molecule has 1 aromatic carbocycles. The first kappa shape index (κ1) is 10.5. The van der Waals surface area contributed by atoms with Gasteiger partial charge in [0.25, 0.3) is 0 Å². The van der Waals surface area contributed by atoms with E-state index in [1.807, 2.05) is 6.07 Å². The lowest BCUT2D eigenvalue weighted by Crippen LogP contribution is -1.91. The van der Waals surface area contributed by atoms with Gasteiger partial charge in [0.1, 0.15) is 6.67 Å². The molecule has 3 heteroatoms. The molecule has 0 spiro atoms. The van der Waals surface area contributed by atoms with Crippen molar-refractivity contribution in [1.29, 1.82) is 0 Å². The Kier molecular flexibility index (Phi) is 4.19. The van der Waals surface area contributed by atoms with Crippen molar-refractivity contribution in [1.82, 2.24) is 0 Å². The molecule has 13 heavy (non-hydrogen) atoms. The van der Waals surface area contributed by atoms with E-state index in [0.29, 0.717) is 17.0 Å². The van der Waals surface area contributed by atoms with Crippen LogP contribution in [0.3, 0.4) is 0 Å². The average molecular weight is 203 g/mol. The van der Waals surface area contributed by atoms with Crippen LogP contribution in [-0.4, -0.2) is 11.7 Å². The van der Waals surface area contributed by atoms with Crippen molar-refractivity contribution >= 4 is 11.6 Å². The highest BCUT2D eigenvalue weighted by molar-refractivity contribution is 6.31. The molecule has 0 bridgehead atoms. The zero-order valence-electron chi connectivity index (χ0n) is 7.26. The molecule has 1 N–H and O–H groups in total. The summed E-state index contributed by atoms with van der Waals surface area (Å²) in [5.41, 5.74) is 1.56. The van der Waals surface area contributed by atoms with Crippen molar-refractivity contribution in [2.45, 2.75) is 19.5 Å². The predicted octanol–water partition coefficient (Wildman–Crippen LogP) is 2.73. The van der Waals surface area contributed by atoms with Gasteiger partial charge in [-0.2, -0.15) is 0 Å². The molecule has 0 atom stereocenters. The van der Waals surface area contributed by atoms with E-state index in [4.69, 9.17) is 16.7 Å². The summed E-state index contributed by atoms with van der Waals surface area (Å²) in [6, 6.07) is 5.17. The first-order chi connectivity index (χ1) is 6.27. The molecular weight excluding hydrogens is 191 g/mol. The molecule has 0 aliphatic rings. The zero-order valence-corrected chi connectivity index (χ0v) is 8.02. The summed E-state index contributed by atoms with van der Waals surface area (Å²) in [6.07, 6.45) is 1.43. The Bertz CT molecular complexity index is 276. The lowest BCUT2D eigenvalue weighted by Gasteiger charge is -2.03. The topological polar surface area (TPSA) is 20.2 Å². The first-order valence-corrected chi connectivity index (χ1v) is 4.60. The van der Waals surface area contributed by atoms with Crippen LogP contribution in [0.5, 0.6) is 0 Å². The van der Waals surface area contributed by atoms with E-state index in [1.165, 1.54) is 0 Å². The Morgan fingerprint density at radius 3 is 2.69 bits per heavy atom. The molecule has 0 aromatic heterocycles. The van der Waals surface area contributed by atoms with Gasteiger partial charge in [0.05, 0.1) is 0 Å². The van der Waals surface area contributed by atoms with Gasteiger partial charge in [0.15, 0.2) is 0 Å². The number of alkyl halides is 1. The van der Waals surface area contributed by atoms with Gasteiger partial charge in [-0.3, -0.25) is 0 Å². The van der Waals surface area contributed by atoms with Crippen molar-refractivity contribution in [3.05, 3.63) is 34.3 Å². The minimum absolute atomic E-state index is 0.154. The maximum Gasteiger partial charge on any atom is 0.115 e. The Balaban J connectivity index is 2.73. The quantitative estimate of drug-likeness (QED) is 0.796. The third-order valence-electron chi connectivity index (χ3n) is 1.88. The maximum atomic E-state index is 12.2. The Morgan fingerprint density at radius 2 is 2.15 bits per heavy atom. The van der Waals surface area contributed by atoms with Crippen LogP contribution in [0.4, 0.5) is 4.39 Å². The van der Waals surface area contributed by atoms with Crippen LogP contribution >= 0.6 is 11.6 Å². The fourth-order valence-corrected chi connectivity index (χ4v) is 1.44. The van der Waals surface area contributed by atoms with Crippen molar-refractivity contribution in [2.24, 2.45) is 0 Å². The standard InChI is InChI=1S/C10H12ClFO/c11-10-6-8(7-12)3-4-9(10)2-1-5-13/h3-4,6,13H,1-2,5,7H2. The van der Waals surface area contributed by atoms with E-state index in [2.05, 4.69) is 0 Å². The van der Waals surface area contributed by atoms with Gasteiger partial charge in [0, 0.05) is 11.6 Å². The highest BCUT2D eigenvalue weighted by Crippen LogP contribution is 2.19. The summed E-state index contributed by atoms with van der Waals surface area (Å²) < 4.78 is 12.2. The number of hydrogen-bond donors (Lipinski definition) is 1. The molecule has 0 radical (unpaired) electrons. The Morgan fingerprint density at radius 1 is 1.38 bits per heavy atom. The van der Waals surface area contributed by atoms with Crippen LogP contribution in [0.15, 0.2) is 18.2 Å². The van der Waals surface area contributed by atoms with Crippen LogP contribution in [0.1, 0.15) is 17.5 Å². The molecular formula is C10H12ClFO. The zero-order chi connectivity index (χ0) is 9.68. The van der Waals surface area contributed by atoms with Gasteiger partial charge < -0.3 is 5.11 Å². The Hall–Kier alpha value is -0.600. The second-order valence-electron chi connectivity index (χ2n) is 2.89. The van der Waals surface area contributed by atoms with E-state index in [-0.39, 0.29) is 6.61 Å². The normalized spacial score (nSPS) is 10.4. The molecule has 1 nitrogen and oxygen atoms in total. The summed E-state index contributed by atoms with van der Waals surface area (Å²) >= 11 is 5.90. The average Bonchev–Trinajstić information content (AvgIpc) is 2.16. The van der Waals surface area contributed by atoms with E-state index in [1.54, 1.807) is 12.1 Å². The molecule has 1 aromatic rings. The second kappa shape index (κ2) is 5.20. The summed E-state index contributed by atoms with van der Waals surface area (Å²) in [5.74, 6) is 0. The summed E-state index contributed by atoms with van der Waals surface area (Å²) in [7, 11) is 0. The predicted molar refractivity (Wildman–Crippen MR) is 51.7 cm³/mol. The van der Waals surface area contributed by atoms with Gasteiger partial charge >= 0.3 is 0 Å². The van der Waals surface area contributed by atoms with Crippen molar-refractivity contribution in [3.8, 4) is 0 Å². The largest absolute Gasteiger partial charge is 0.396 e. The number of rotatable bonds is 4. The molecule has 1 rings (SSSR count). The molecule has 0 saturated heterocycles. The molecule has 0 amide bonds. The van der Waals surface area contributed by atoms with Crippen LogP contribution in [-0.2, 0) is 13.1 Å². The van der Waals surface area contributed by atoms with Crippen molar-refractivity contribution in [3.63, 3.8) is 0 Å². The van der Waals surface area contributed by atoms with Crippen LogP contribution < -0.4 is 0 Å². The van der Waals surface area contributed by atoms with Crippen LogP contribution in [0, 0.1) is 0 Å². The monoisotopic (exact) mass is 202 g/mol. The van der Waals surface area contributed by atoms with Crippen molar-refractivity contribution < 1.29 is 9.50 Å². The van der Waals surface area contributed by atoms with Crippen LogP contribution in [0.25, 0.3) is 0 Å². The SMILES string of the molecule is OCCCc1ccc(CF)cc1Cl. The summed E-state index contributed by atoms with van der Waals surface area (Å²) in [5, 5.41) is 9.20. The number of halogens is 2. The number of aliphatic hydroxyl groups excluding tert-OH is 1. The number of benzene rings is 1. The maximum absolute atomic E-state index is 12.2. The van der Waals surface area contributed by atoms with E-state index >= 15 is 0 Å². The smallest absolute Gasteiger partial charge is 0.115 e. The third-order valence-corrected chi connectivity index (χ3v) is 2.23. The lowest BCUT2D eigenvalue weighted by molar-refractivity contribution is 0.288. The third kappa shape index (κ3) is 2.98. The van der Waals surface area contributed by atoms with Gasteiger partial charge in [0.2, 0.25) is 0 Å². The number of aryl methyl sites for hydroxylation is 1. The Labute approximate surface area is 82.2 Å². The van der Waals surface area contributed by atoms with Crippen molar-refractivity contribution in [2.75, 3.05) is 6.61 Å². The van der Waals surface area contributed by atoms with E-state index in [9.17, 15) is 4.39 Å². The molecule has 0 saturated carbocycles. The molecule has 0 aliphatic heterocycles. The second-order valence-corrected chi connectivity index (χ2v) is 3.29. The van der Waals surface area contributed by atoms with Gasteiger partial charge in [-0.25, -0.2) is 4.39 Å². The molecule has 72 valence electrons.